The second-order valence-electron chi connectivity index (χ2n) is 10.3. The summed E-state index contributed by atoms with van der Waals surface area (Å²) in [5, 5.41) is 7.05. The Morgan fingerprint density at radius 2 is 0.689 bits per heavy atom. The van der Waals surface area contributed by atoms with E-state index in [0.29, 0.717) is 129 Å². The van der Waals surface area contributed by atoms with Gasteiger partial charge in [-0.2, -0.15) is 0 Å². The highest BCUT2D eigenvalue weighted by molar-refractivity contribution is 5.44. The smallest absolute Gasteiger partial charge is 0.161 e. The first-order valence-corrected chi connectivity index (χ1v) is 16.0. The third kappa shape index (κ3) is 15.0. The van der Waals surface area contributed by atoms with Gasteiger partial charge in [-0.25, -0.2) is 0 Å². The van der Waals surface area contributed by atoms with Gasteiger partial charge in [0.2, 0.25) is 0 Å². The Balaban J connectivity index is 1.16. The van der Waals surface area contributed by atoms with Crippen LogP contribution in [0.25, 0.3) is 0 Å². The van der Waals surface area contributed by atoms with Gasteiger partial charge in [-0.15, -0.1) is 0 Å². The lowest BCUT2D eigenvalue weighted by Gasteiger charge is -2.15. The van der Waals surface area contributed by atoms with Crippen molar-refractivity contribution in [2.75, 3.05) is 119 Å². The summed E-state index contributed by atoms with van der Waals surface area (Å²) in [6, 6.07) is 12.1. The van der Waals surface area contributed by atoms with E-state index >= 15 is 0 Å². The minimum absolute atomic E-state index is 0.442. The zero-order valence-corrected chi connectivity index (χ0v) is 26.4. The summed E-state index contributed by atoms with van der Waals surface area (Å²) in [5.74, 6) is 2.84. The van der Waals surface area contributed by atoms with Crippen LogP contribution >= 0.6 is 0 Å². The maximum Gasteiger partial charge on any atom is 0.161 e. The molecule has 0 bridgehead atoms. The topological polar surface area (TPSA) is 116 Å². The average molecular weight is 635 g/mol. The Bertz CT molecular complexity index is 979. The van der Waals surface area contributed by atoms with Gasteiger partial charge in [0.05, 0.1) is 79.3 Å². The Labute approximate surface area is 266 Å². The largest absolute Gasteiger partial charge is 0.487 e. The number of benzene rings is 2. The summed E-state index contributed by atoms with van der Waals surface area (Å²) in [6.07, 6.45) is 0.983. The fourth-order valence-electron chi connectivity index (χ4n) is 4.52. The van der Waals surface area contributed by atoms with Crippen LogP contribution in [0.2, 0.25) is 0 Å². The van der Waals surface area contributed by atoms with Gasteiger partial charge in [0.25, 0.3) is 0 Å². The van der Waals surface area contributed by atoms with Crippen molar-refractivity contribution in [1.29, 1.82) is 0 Å². The zero-order valence-electron chi connectivity index (χ0n) is 26.4. The van der Waals surface area contributed by atoms with Gasteiger partial charge in [-0.05, 0) is 54.9 Å². The molecule has 12 heteroatoms. The SMILES string of the molecule is c1cc2c(cc1CNCCCNCc1ccc3c(c1)OCCOCCOCCOCCO3)OCCOCCOCCOCCO2. The Morgan fingerprint density at radius 1 is 0.378 bits per heavy atom. The van der Waals surface area contributed by atoms with Crippen LogP contribution in [0, 0.1) is 0 Å². The first-order chi connectivity index (χ1) is 22.4. The lowest BCUT2D eigenvalue weighted by Crippen LogP contribution is -2.21. The van der Waals surface area contributed by atoms with E-state index in [9.17, 15) is 0 Å². The van der Waals surface area contributed by atoms with Crippen molar-refractivity contribution < 1.29 is 47.4 Å². The van der Waals surface area contributed by atoms with E-state index in [0.717, 1.165) is 43.7 Å². The van der Waals surface area contributed by atoms with E-state index in [-0.39, 0.29) is 0 Å². The maximum absolute atomic E-state index is 5.99. The number of rotatable bonds is 8. The van der Waals surface area contributed by atoms with Crippen LogP contribution in [0.15, 0.2) is 36.4 Å². The molecule has 0 saturated carbocycles. The highest BCUT2D eigenvalue weighted by Crippen LogP contribution is 2.29. The molecule has 0 aliphatic carbocycles. The number of fused-ring (bicyclic) bond motifs is 2. The van der Waals surface area contributed by atoms with Crippen LogP contribution in [0.5, 0.6) is 23.0 Å². The second kappa shape index (κ2) is 22.8. The van der Waals surface area contributed by atoms with Gasteiger partial charge < -0.3 is 58.0 Å². The minimum Gasteiger partial charge on any atom is -0.487 e. The molecule has 2 aliphatic rings. The maximum atomic E-state index is 5.99. The second-order valence-corrected chi connectivity index (χ2v) is 10.3. The van der Waals surface area contributed by atoms with Crippen molar-refractivity contribution in [2.45, 2.75) is 19.5 Å². The van der Waals surface area contributed by atoms with E-state index in [2.05, 4.69) is 22.8 Å². The predicted molar refractivity (Wildman–Crippen MR) is 168 cm³/mol. The van der Waals surface area contributed by atoms with Gasteiger partial charge in [0, 0.05) is 13.1 Å². The molecule has 2 aromatic carbocycles. The molecule has 0 amide bonds. The molecule has 0 fully saturated rings. The fraction of sp³-hybridized carbons (Fsp3) is 0.636. The van der Waals surface area contributed by atoms with Crippen molar-refractivity contribution in [2.24, 2.45) is 0 Å². The molecule has 252 valence electrons. The molecule has 2 aliphatic heterocycles. The molecule has 2 heterocycles. The van der Waals surface area contributed by atoms with Crippen molar-refractivity contribution >= 4 is 0 Å². The van der Waals surface area contributed by atoms with Crippen molar-refractivity contribution in [3.05, 3.63) is 47.5 Å². The number of ether oxygens (including phenoxy) is 10. The molecule has 2 N–H and O–H groups in total. The summed E-state index contributed by atoms with van der Waals surface area (Å²) < 4.78 is 57.0. The van der Waals surface area contributed by atoms with E-state index in [1.807, 2.05) is 24.3 Å². The Kier molecular flexibility index (Phi) is 17.8. The molecule has 2 aromatic rings. The Hall–Kier alpha value is -2.68. The standard InChI is InChI=1S/C33H50N2O10/c1(6-34-26-28-2-4-30-32(24-28)44-22-18-40-14-10-36-8-12-38-16-20-42-30)7-35-27-29-3-5-31-33(25-29)45-23-19-41-15-11-37-9-13-39-17-21-43-31/h2-5,24-25,34-35H,1,6-23,26-27H2. The fourth-order valence-corrected chi connectivity index (χ4v) is 4.52. The summed E-state index contributed by atoms with van der Waals surface area (Å²) in [4.78, 5) is 0. The monoisotopic (exact) mass is 634 g/mol. The van der Waals surface area contributed by atoms with E-state index in [1.165, 1.54) is 0 Å². The van der Waals surface area contributed by atoms with Crippen LogP contribution in [0.3, 0.4) is 0 Å². The van der Waals surface area contributed by atoms with E-state index < -0.39 is 0 Å². The summed E-state index contributed by atoms with van der Waals surface area (Å²) in [5.41, 5.74) is 2.25. The highest BCUT2D eigenvalue weighted by atomic mass is 16.6. The molecule has 0 atom stereocenters. The zero-order chi connectivity index (χ0) is 31.0. The van der Waals surface area contributed by atoms with Gasteiger partial charge in [0.1, 0.15) is 26.4 Å². The summed E-state index contributed by atoms with van der Waals surface area (Å²) in [7, 11) is 0. The first kappa shape index (κ1) is 35.2. The van der Waals surface area contributed by atoms with Crippen LogP contribution in [-0.4, -0.2) is 119 Å². The third-order valence-corrected chi connectivity index (χ3v) is 6.81. The molecule has 0 aromatic heterocycles. The van der Waals surface area contributed by atoms with Gasteiger partial charge in [-0.3, -0.25) is 0 Å². The predicted octanol–water partition coefficient (Wildman–Crippen LogP) is 2.60. The van der Waals surface area contributed by atoms with Crippen LogP contribution in [0.4, 0.5) is 0 Å². The highest BCUT2D eigenvalue weighted by Gasteiger charge is 2.10. The van der Waals surface area contributed by atoms with Crippen molar-refractivity contribution in [1.82, 2.24) is 10.6 Å². The number of hydrogen-bond acceptors (Lipinski definition) is 12. The molecular formula is C33H50N2O10. The van der Waals surface area contributed by atoms with Gasteiger partial charge >= 0.3 is 0 Å². The van der Waals surface area contributed by atoms with Crippen LogP contribution in [-0.2, 0) is 41.5 Å². The molecule has 0 saturated heterocycles. The third-order valence-electron chi connectivity index (χ3n) is 6.81. The first-order valence-electron chi connectivity index (χ1n) is 16.0. The minimum atomic E-state index is 0.442. The lowest BCUT2D eigenvalue weighted by atomic mass is 10.2. The van der Waals surface area contributed by atoms with Crippen molar-refractivity contribution in [3.63, 3.8) is 0 Å². The average Bonchev–Trinajstić information content (AvgIpc) is 3.07. The molecule has 4 rings (SSSR count). The molecule has 0 spiro atoms. The van der Waals surface area contributed by atoms with E-state index in [1.54, 1.807) is 0 Å². The summed E-state index contributed by atoms with van der Waals surface area (Å²) in [6.45, 7) is 11.3. The molecular weight excluding hydrogens is 584 g/mol. The quantitative estimate of drug-likeness (QED) is 0.416. The van der Waals surface area contributed by atoms with Crippen molar-refractivity contribution in [3.8, 4) is 23.0 Å². The molecule has 45 heavy (non-hydrogen) atoms. The Morgan fingerprint density at radius 3 is 1.04 bits per heavy atom. The molecule has 12 nitrogen and oxygen atoms in total. The summed E-state index contributed by atoms with van der Waals surface area (Å²) >= 11 is 0. The van der Waals surface area contributed by atoms with Crippen LogP contribution < -0.4 is 29.6 Å². The van der Waals surface area contributed by atoms with E-state index in [4.69, 9.17) is 47.4 Å². The number of hydrogen-bond donors (Lipinski definition) is 2. The normalized spacial score (nSPS) is 18.5. The van der Waals surface area contributed by atoms with Gasteiger partial charge in [0.15, 0.2) is 23.0 Å². The van der Waals surface area contributed by atoms with Crippen LogP contribution in [0.1, 0.15) is 17.5 Å². The van der Waals surface area contributed by atoms with Gasteiger partial charge in [-0.1, -0.05) is 12.1 Å². The lowest BCUT2D eigenvalue weighted by molar-refractivity contribution is 0.00708. The molecule has 0 radical (unpaired) electrons. The number of nitrogens with one attached hydrogen (secondary N) is 2. The molecule has 0 unspecified atom stereocenters.